The molecule has 76 valence electrons. The van der Waals surface area contributed by atoms with Crippen LogP contribution in [0, 0.1) is 0 Å². The minimum Gasteiger partial charge on any atom is -0.494 e. The van der Waals surface area contributed by atoms with Gasteiger partial charge in [-0.05, 0) is 12.1 Å². The maximum Gasteiger partial charge on any atom is 0.338 e. The normalized spacial score (nSPS) is 9.57. The number of carbonyl (C=O) groups is 1. The number of anilines is 2. The molecule has 1 aromatic rings. The van der Waals surface area contributed by atoms with Crippen LogP contribution in [0.1, 0.15) is 10.4 Å². The van der Waals surface area contributed by atoms with E-state index in [1.807, 2.05) is 0 Å². The molecule has 0 unspecified atom stereocenters. The van der Waals surface area contributed by atoms with Crippen LogP contribution in [0.3, 0.4) is 0 Å². The van der Waals surface area contributed by atoms with E-state index in [2.05, 4.69) is 4.74 Å². The third kappa shape index (κ3) is 1.71. The summed E-state index contributed by atoms with van der Waals surface area (Å²) in [4.78, 5) is 11.2. The van der Waals surface area contributed by atoms with Crippen LogP contribution >= 0.6 is 0 Å². The first-order chi connectivity index (χ1) is 6.60. The number of hydrogen-bond donors (Lipinski definition) is 2. The topological polar surface area (TPSA) is 87.6 Å². The lowest BCUT2D eigenvalue weighted by Crippen LogP contribution is -2.05. The highest BCUT2D eigenvalue weighted by Crippen LogP contribution is 2.29. The maximum atomic E-state index is 11.2. The average molecular weight is 196 g/mol. The second-order valence-corrected chi connectivity index (χ2v) is 2.67. The fourth-order valence-electron chi connectivity index (χ4n) is 1.05. The van der Waals surface area contributed by atoms with Crippen molar-refractivity contribution in [2.75, 3.05) is 25.7 Å². The van der Waals surface area contributed by atoms with Crippen molar-refractivity contribution in [1.82, 2.24) is 0 Å². The molecule has 1 aromatic carbocycles. The second-order valence-electron chi connectivity index (χ2n) is 2.67. The van der Waals surface area contributed by atoms with Gasteiger partial charge in [0.2, 0.25) is 0 Å². The van der Waals surface area contributed by atoms with Gasteiger partial charge in [-0.3, -0.25) is 0 Å². The predicted molar refractivity (Wildman–Crippen MR) is 53.2 cm³/mol. The number of nitrogens with two attached hydrogens (primary N) is 2. The number of esters is 1. The predicted octanol–water partition coefficient (Wildman–Crippen LogP) is 0.646. The molecule has 5 nitrogen and oxygen atoms in total. The van der Waals surface area contributed by atoms with Crippen LogP contribution in [-0.2, 0) is 4.74 Å². The van der Waals surface area contributed by atoms with E-state index in [4.69, 9.17) is 16.2 Å². The summed E-state index contributed by atoms with van der Waals surface area (Å²) in [5, 5.41) is 0. The molecule has 0 spiro atoms. The van der Waals surface area contributed by atoms with Crippen LogP contribution in [0.4, 0.5) is 11.4 Å². The number of methoxy groups -OCH3 is 2. The monoisotopic (exact) mass is 196 g/mol. The van der Waals surface area contributed by atoms with Gasteiger partial charge in [0.1, 0.15) is 5.75 Å². The molecule has 0 atom stereocenters. The molecule has 0 aromatic heterocycles. The van der Waals surface area contributed by atoms with E-state index in [1.54, 1.807) is 0 Å². The largest absolute Gasteiger partial charge is 0.494 e. The lowest BCUT2D eigenvalue weighted by atomic mass is 10.1. The summed E-state index contributed by atoms with van der Waals surface area (Å²) in [7, 11) is 2.74. The van der Waals surface area contributed by atoms with E-state index in [0.717, 1.165) is 0 Å². The van der Waals surface area contributed by atoms with Gasteiger partial charge in [-0.15, -0.1) is 0 Å². The molecule has 14 heavy (non-hydrogen) atoms. The first-order valence-corrected chi connectivity index (χ1v) is 3.91. The molecule has 0 aliphatic carbocycles. The summed E-state index contributed by atoms with van der Waals surface area (Å²) < 4.78 is 9.49. The zero-order chi connectivity index (χ0) is 10.7. The SMILES string of the molecule is COC(=O)c1cc(N)c(N)c(OC)c1. The summed E-state index contributed by atoms with van der Waals surface area (Å²) in [5.41, 5.74) is 12.1. The third-order valence-corrected chi connectivity index (χ3v) is 1.82. The number of hydrogen-bond acceptors (Lipinski definition) is 5. The Morgan fingerprint density at radius 1 is 1.29 bits per heavy atom. The van der Waals surface area contributed by atoms with Gasteiger partial charge in [0.05, 0.1) is 31.2 Å². The molecule has 0 fully saturated rings. The lowest BCUT2D eigenvalue weighted by Gasteiger charge is -2.09. The Morgan fingerprint density at radius 2 is 1.93 bits per heavy atom. The van der Waals surface area contributed by atoms with Crippen LogP contribution in [0.15, 0.2) is 12.1 Å². The molecule has 0 saturated carbocycles. The number of nitrogen functional groups attached to an aromatic ring is 2. The van der Waals surface area contributed by atoms with Crippen molar-refractivity contribution in [3.63, 3.8) is 0 Å². The molecule has 0 aliphatic rings. The van der Waals surface area contributed by atoms with Crippen molar-refractivity contribution in [3.8, 4) is 5.75 Å². The molecule has 0 saturated heterocycles. The summed E-state index contributed by atoms with van der Waals surface area (Å²) in [6.07, 6.45) is 0. The van der Waals surface area contributed by atoms with Gasteiger partial charge in [0.25, 0.3) is 0 Å². The number of ether oxygens (including phenoxy) is 2. The minimum absolute atomic E-state index is 0.296. The Kier molecular flexibility index (Phi) is 2.81. The molecule has 0 aliphatic heterocycles. The summed E-state index contributed by atoms with van der Waals surface area (Å²) in [6.45, 7) is 0. The minimum atomic E-state index is -0.477. The van der Waals surface area contributed by atoms with Gasteiger partial charge >= 0.3 is 5.97 Å². The van der Waals surface area contributed by atoms with Gasteiger partial charge in [-0.2, -0.15) is 0 Å². The molecule has 0 radical (unpaired) electrons. The van der Waals surface area contributed by atoms with E-state index in [0.29, 0.717) is 22.7 Å². The fraction of sp³-hybridized carbons (Fsp3) is 0.222. The number of benzene rings is 1. The van der Waals surface area contributed by atoms with Crippen LogP contribution < -0.4 is 16.2 Å². The standard InChI is InChI=1S/C9H12N2O3/c1-13-7-4-5(9(12)14-2)3-6(10)8(7)11/h3-4H,10-11H2,1-2H3. The van der Waals surface area contributed by atoms with Gasteiger partial charge in [0, 0.05) is 0 Å². The van der Waals surface area contributed by atoms with E-state index in [9.17, 15) is 4.79 Å². The zero-order valence-corrected chi connectivity index (χ0v) is 8.03. The van der Waals surface area contributed by atoms with Crippen LogP contribution in [0.5, 0.6) is 5.75 Å². The van der Waals surface area contributed by atoms with Gasteiger partial charge in [0.15, 0.2) is 0 Å². The first kappa shape index (κ1) is 10.2. The highest BCUT2D eigenvalue weighted by Gasteiger charge is 2.11. The third-order valence-electron chi connectivity index (χ3n) is 1.82. The van der Waals surface area contributed by atoms with E-state index in [1.165, 1.54) is 26.4 Å². The molecule has 0 amide bonds. The summed E-state index contributed by atoms with van der Waals surface area (Å²) in [5.74, 6) is -0.111. The summed E-state index contributed by atoms with van der Waals surface area (Å²) >= 11 is 0. The van der Waals surface area contributed by atoms with Crippen LogP contribution in [0.2, 0.25) is 0 Å². The Hall–Kier alpha value is -1.91. The Balaban J connectivity index is 3.22. The maximum absolute atomic E-state index is 11.2. The molecular formula is C9H12N2O3. The van der Waals surface area contributed by atoms with Gasteiger partial charge in [-0.25, -0.2) is 4.79 Å². The average Bonchev–Trinajstić information content (AvgIpc) is 2.20. The second kappa shape index (κ2) is 3.87. The number of rotatable bonds is 2. The molecule has 5 heteroatoms. The summed E-state index contributed by atoms with van der Waals surface area (Å²) in [6, 6.07) is 2.93. The highest BCUT2D eigenvalue weighted by molar-refractivity contribution is 5.93. The molecule has 4 N–H and O–H groups in total. The first-order valence-electron chi connectivity index (χ1n) is 3.91. The molecule has 1 rings (SSSR count). The molecular weight excluding hydrogens is 184 g/mol. The van der Waals surface area contributed by atoms with Crippen molar-refractivity contribution >= 4 is 17.3 Å². The van der Waals surface area contributed by atoms with Gasteiger partial charge in [-0.1, -0.05) is 0 Å². The lowest BCUT2D eigenvalue weighted by molar-refractivity contribution is 0.0600. The van der Waals surface area contributed by atoms with Crippen molar-refractivity contribution in [1.29, 1.82) is 0 Å². The fourth-order valence-corrected chi connectivity index (χ4v) is 1.05. The van der Waals surface area contributed by atoms with E-state index in [-0.39, 0.29) is 0 Å². The van der Waals surface area contributed by atoms with Crippen molar-refractivity contribution in [2.24, 2.45) is 0 Å². The molecule has 0 heterocycles. The number of carbonyl (C=O) groups excluding carboxylic acids is 1. The highest BCUT2D eigenvalue weighted by atomic mass is 16.5. The van der Waals surface area contributed by atoms with Crippen LogP contribution in [-0.4, -0.2) is 20.2 Å². The van der Waals surface area contributed by atoms with E-state index >= 15 is 0 Å². The quantitative estimate of drug-likeness (QED) is 0.535. The Morgan fingerprint density at radius 3 is 2.43 bits per heavy atom. The molecule has 0 bridgehead atoms. The smallest absolute Gasteiger partial charge is 0.338 e. The van der Waals surface area contributed by atoms with Crippen molar-refractivity contribution in [3.05, 3.63) is 17.7 Å². The van der Waals surface area contributed by atoms with Crippen molar-refractivity contribution in [2.45, 2.75) is 0 Å². The van der Waals surface area contributed by atoms with E-state index < -0.39 is 5.97 Å². The zero-order valence-electron chi connectivity index (χ0n) is 8.03. The Labute approximate surface area is 81.6 Å². The Bertz CT molecular complexity index is 363. The van der Waals surface area contributed by atoms with Crippen molar-refractivity contribution < 1.29 is 14.3 Å². The van der Waals surface area contributed by atoms with Gasteiger partial charge < -0.3 is 20.9 Å². The van der Waals surface area contributed by atoms with Crippen LogP contribution in [0.25, 0.3) is 0 Å².